The Kier molecular flexibility index (Phi) is 5.12. The Morgan fingerprint density at radius 1 is 1.08 bits per heavy atom. The number of aromatic amines is 1. The molecule has 0 spiro atoms. The van der Waals surface area contributed by atoms with Crippen LogP contribution in [0.15, 0.2) is 43.0 Å². The maximum Gasteiger partial charge on any atom is 0.162 e. The zero-order valence-corrected chi connectivity index (χ0v) is 14.7. The molecule has 6 heteroatoms. The third-order valence-electron chi connectivity index (χ3n) is 3.87. The van der Waals surface area contributed by atoms with E-state index >= 15 is 0 Å². The fourth-order valence-electron chi connectivity index (χ4n) is 2.58. The Labute approximate surface area is 151 Å². The number of aromatic hydroxyl groups is 1. The van der Waals surface area contributed by atoms with Crippen LogP contribution in [0.25, 0.3) is 23.1 Å². The molecule has 0 aliphatic rings. The second-order valence-corrected chi connectivity index (χ2v) is 5.52. The first-order valence-electron chi connectivity index (χ1n) is 8.01. The minimum atomic E-state index is 0.0541. The Hall–Kier alpha value is -3.41. The summed E-state index contributed by atoms with van der Waals surface area (Å²) in [5.74, 6) is 1.78. The number of hydrogen-bond donors (Lipinski definition) is 2. The van der Waals surface area contributed by atoms with Crippen LogP contribution in [-0.4, -0.2) is 36.1 Å². The number of aromatic nitrogens is 2. The van der Waals surface area contributed by atoms with Gasteiger partial charge in [-0.1, -0.05) is 24.8 Å². The molecule has 1 heterocycles. The summed E-state index contributed by atoms with van der Waals surface area (Å²) >= 11 is 0. The third kappa shape index (κ3) is 3.49. The number of methoxy groups -OCH3 is 2. The molecule has 0 saturated heterocycles. The molecule has 6 nitrogen and oxygen atoms in total. The predicted octanol–water partition coefficient (Wildman–Crippen LogP) is 4.02. The van der Waals surface area contributed by atoms with Gasteiger partial charge in [0.1, 0.15) is 6.61 Å². The fraction of sp³-hybridized carbons (Fsp3) is 0.150. The number of fused-ring (bicyclic) bond motifs is 1. The van der Waals surface area contributed by atoms with Crippen molar-refractivity contribution in [3.63, 3.8) is 0 Å². The number of ether oxygens (including phenoxy) is 3. The second kappa shape index (κ2) is 7.65. The lowest BCUT2D eigenvalue weighted by Crippen LogP contribution is -1.93. The van der Waals surface area contributed by atoms with Crippen molar-refractivity contribution in [3.05, 3.63) is 54.2 Å². The summed E-state index contributed by atoms with van der Waals surface area (Å²) in [5, 5.41) is 18.1. The van der Waals surface area contributed by atoms with Crippen molar-refractivity contribution in [2.75, 3.05) is 20.8 Å². The standard InChI is InChI=1S/C20H20N2O4/c1-4-9-26-19-11-14-15(21-22-16(14)12-17(19)23)7-5-13-6-8-18(24-2)20(10-13)25-3/h4-8,10-12,23H,1,9H2,2-3H3,(H,21,22)/b7-5+. The van der Waals surface area contributed by atoms with Gasteiger partial charge < -0.3 is 19.3 Å². The maximum absolute atomic E-state index is 10.0. The number of phenols is 1. The van der Waals surface area contributed by atoms with E-state index in [2.05, 4.69) is 16.8 Å². The molecule has 3 rings (SSSR count). The highest BCUT2D eigenvalue weighted by atomic mass is 16.5. The predicted molar refractivity (Wildman–Crippen MR) is 102 cm³/mol. The monoisotopic (exact) mass is 352 g/mol. The highest BCUT2D eigenvalue weighted by Crippen LogP contribution is 2.33. The van der Waals surface area contributed by atoms with Crippen molar-refractivity contribution in [1.29, 1.82) is 0 Å². The largest absolute Gasteiger partial charge is 0.504 e. The topological polar surface area (TPSA) is 76.6 Å². The number of H-pyrrole nitrogens is 1. The van der Waals surface area contributed by atoms with Crippen molar-refractivity contribution in [3.8, 4) is 23.0 Å². The van der Waals surface area contributed by atoms with Gasteiger partial charge in [-0.25, -0.2) is 0 Å². The average molecular weight is 352 g/mol. The Morgan fingerprint density at radius 2 is 1.88 bits per heavy atom. The van der Waals surface area contributed by atoms with E-state index in [1.165, 1.54) is 0 Å². The minimum absolute atomic E-state index is 0.0541. The Morgan fingerprint density at radius 3 is 2.62 bits per heavy atom. The molecule has 0 amide bonds. The number of nitrogens with one attached hydrogen (secondary N) is 1. The molecule has 134 valence electrons. The molecule has 0 saturated carbocycles. The summed E-state index contributed by atoms with van der Waals surface area (Å²) in [6.07, 6.45) is 5.43. The summed E-state index contributed by atoms with van der Waals surface area (Å²) in [4.78, 5) is 0. The first-order chi connectivity index (χ1) is 12.7. The van der Waals surface area contributed by atoms with Crippen LogP contribution in [0.3, 0.4) is 0 Å². The molecule has 0 radical (unpaired) electrons. The SMILES string of the molecule is C=CCOc1cc2c(/C=C/c3ccc(OC)c(OC)c3)n[nH]c2cc1O. The number of nitrogens with zero attached hydrogens (tertiary/aromatic N) is 1. The van der Waals surface area contributed by atoms with E-state index < -0.39 is 0 Å². The van der Waals surface area contributed by atoms with Gasteiger partial charge >= 0.3 is 0 Å². The molecule has 2 N–H and O–H groups in total. The van der Waals surface area contributed by atoms with E-state index in [1.54, 1.807) is 32.4 Å². The number of hydrogen-bond acceptors (Lipinski definition) is 5. The van der Waals surface area contributed by atoms with E-state index in [4.69, 9.17) is 14.2 Å². The lowest BCUT2D eigenvalue weighted by molar-refractivity contribution is 0.337. The van der Waals surface area contributed by atoms with Gasteiger partial charge in [0, 0.05) is 11.5 Å². The van der Waals surface area contributed by atoms with Crippen molar-refractivity contribution in [2.24, 2.45) is 0 Å². The number of benzene rings is 2. The summed E-state index contributed by atoms with van der Waals surface area (Å²) in [5.41, 5.74) is 2.40. The van der Waals surface area contributed by atoms with Crippen LogP contribution in [0.4, 0.5) is 0 Å². The molecule has 1 aromatic heterocycles. The van der Waals surface area contributed by atoms with Crippen molar-refractivity contribution in [1.82, 2.24) is 10.2 Å². The molecule has 0 bridgehead atoms. The first-order valence-corrected chi connectivity index (χ1v) is 8.01. The van der Waals surface area contributed by atoms with Crippen molar-refractivity contribution in [2.45, 2.75) is 0 Å². The van der Waals surface area contributed by atoms with E-state index in [0.29, 0.717) is 23.9 Å². The number of rotatable bonds is 7. The summed E-state index contributed by atoms with van der Waals surface area (Å²) < 4.78 is 16.0. The van der Waals surface area contributed by atoms with Crippen LogP contribution in [0.1, 0.15) is 11.3 Å². The third-order valence-corrected chi connectivity index (χ3v) is 3.87. The lowest BCUT2D eigenvalue weighted by Gasteiger charge is -2.07. The van der Waals surface area contributed by atoms with E-state index in [0.717, 1.165) is 22.2 Å². The van der Waals surface area contributed by atoms with Crippen LogP contribution < -0.4 is 14.2 Å². The fourth-order valence-corrected chi connectivity index (χ4v) is 2.58. The average Bonchev–Trinajstić information content (AvgIpc) is 3.05. The zero-order chi connectivity index (χ0) is 18.5. The molecule has 0 aliphatic heterocycles. The molecular weight excluding hydrogens is 332 g/mol. The molecular formula is C20H20N2O4. The van der Waals surface area contributed by atoms with Crippen LogP contribution in [0.2, 0.25) is 0 Å². The smallest absolute Gasteiger partial charge is 0.162 e. The van der Waals surface area contributed by atoms with E-state index in [1.807, 2.05) is 30.4 Å². The minimum Gasteiger partial charge on any atom is -0.504 e. The van der Waals surface area contributed by atoms with Gasteiger partial charge in [-0.2, -0.15) is 5.10 Å². The first kappa shape index (κ1) is 17.4. The molecule has 0 fully saturated rings. The van der Waals surface area contributed by atoms with Crippen molar-refractivity contribution < 1.29 is 19.3 Å². The summed E-state index contributed by atoms with van der Waals surface area (Å²) in [6.45, 7) is 3.92. The second-order valence-electron chi connectivity index (χ2n) is 5.52. The quantitative estimate of drug-likeness (QED) is 0.628. The van der Waals surface area contributed by atoms with Crippen molar-refractivity contribution >= 4 is 23.1 Å². The Bertz CT molecular complexity index is 960. The van der Waals surface area contributed by atoms with Gasteiger partial charge in [-0.15, -0.1) is 0 Å². The molecule has 2 aromatic carbocycles. The number of phenolic OH excluding ortho intramolecular Hbond substituents is 1. The van der Waals surface area contributed by atoms with Crippen LogP contribution >= 0.6 is 0 Å². The zero-order valence-electron chi connectivity index (χ0n) is 14.7. The summed E-state index contributed by atoms with van der Waals surface area (Å²) in [6, 6.07) is 9.01. The van der Waals surface area contributed by atoms with Gasteiger partial charge in [0.05, 0.1) is 25.4 Å². The van der Waals surface area contributed by atoms with Gasteiger partial charge in [-0.3, -0.25) is 5.10 Å². The lowest BCUT2D eigenvalue weighted by atomic mass is 10.1. The van der Waals surface area contributed by atoms with E-state index in [-0.39, 0.29) is 5.75 Å². The van der Waals surface area contributed by atoms with Gasteiger partial charge in [0.25, 0.3) is 0 Å². The molecule has 0 atom stereocenters. The van der Waals surface area contributed by atoms with Crippen LogP contribution in [0, 0.1) is 0 Å². The normalized spacial score (nSPS) is 11.0. The highest BCUT2D eigenvalue weighted by Gasteiger charge is 2.10. The highest BCUT2D eigenvalue weighted by molar-refractivity contribution is 5.91. The maximum atomic E-state index is 10.0. The van der Waals surface area contributed by atoms with E-state index in [9.17, 15) is 5.11 Å². The van der Waals surface area contributed by atoms with Crippen LogP contribution in [-0.2, 0) is 0 Å². The molecule has 0 aliphatic carbocycles. The van der Waals surface area contributed by atoms with Gasteiger partial charge in [0.15, 0.2) is 23.0 Å². The Balaban J connectivity index is 1.93. The summed E-state index contributed by atoms with van der Waals surface area (Å²) in [7, 11) is 3.20. The molecule has 3 aromatic rings. The molecule has 26 heavy (non-hydrogen) atoms. The van der Waals surface area contributed by atoms with Gasteiger partial charge in [-0.05, 0) is 29.8 Å². The van der Waals surface area contributed by atoms with Crippen LogP contribution in [0.5, 0.6) is 23.0 Å². The molecule has 0 unspecified atom stereocenters. The van der Waals surface area contributed by atoms with Gasteiger partial charge in [0.2, 0.25) is 0 Å².